The largest absolute Gasteiger partial charge is 0.389 e. The van der Waals surface area contributed by atoms with E-state index in [0.717, 1.165) is 18.7 Å². The predicted molar refractivity (Wildman–Crippen MR) is 79.1 cm³/mol. The highest BCUT2D eigenvalue weighted by Gasteiger charge is 2.10. The number of ether oxygens (including phenoxy) is 1. The Morgan fingerprint density at radius 1 is 1.21 bits per heavy atom. The van der Waals surface area contributed by atoms with Crippen molar-refractivity contribution < 1.29 is 9.84 Å². The second-order valence-electron chi connectivity index (χ2n) is 4.90. The third-order valence-electron chi connectivity index (χ3n) is 3.17. The average Bonchev–Trinajstić information content (AvgIpc) is 2.44. The van der Waals surface area contributed by atoms with Crippen LogP contribution in [-0.4, -0.2) is 42.4 Å². The van der Waals surface area contributed by atoms with E-state index in [-0.39, 0.29) is 0 Å². The third-order valence-corrected chi connectivity index (χ3v) is 3.17. The maximum Gasteiger partial charge on any atom is 0.0900 e. The molecule has 0 heterocycles. The number of nitrogens with zero attached hydrogens (tertiary/aromatic N) is 1. The summed E-state index contributed by atoms with van der Waals surface area (Å²) in [6.45, 7) is 8.03. The van der Waals surface area contributed by atoms with Crippen LogP contribution in [0.3, 0.4) is 0 Å². The molecule has 1 rings (SSSR count). The second-order valence-corrected chi connectivity index (χ2v) is 4.90. The summed E-state index contributed by atoms with van der Waals surface area (Å²) in [5, 5.41) is 9.96. The molecular formula is C16H27NO2. The van der Waals surface area contributed by atoms with E-state index in [9.17, 15) is 5.11 Å². The molecule has 0 aliphatic rings. The molecule has 0 saturated carbocycles. The SMILES string of the molecule is CCCCN(CC)C[C@@H](O)COCc1ccccc1. The minimum absolute atomic E-state index is 0.400. The molecule has 19 heavy (non-hydrogen) atoms. The summed E-state index contributed by atoms with van der Waals surface area (Å²) < 4.78 is 5.55. The van der Waals surface area contributed by atoms with Crippen molar-refractivity contribution >= 4 is 0 Å². The zero-order chi connectivity index (χ0) is 13.9. The van der Waals surface area contributed by atoms with Gasteiger partial charge in [0, 0.05) is 6.54 Å². The first-order chi connectivity index (χ1) is 9.26. The van der Waals surface area contributed by atoms with Gasteiger partial charge in [0.25, 0.3) is 0 Å². The number of rotatable bonds is 10. The van der Waals surface area contributed by atoms with Gasteiger partial charge in [-0.15, -0.1) is 0 Å². The van der Waals surface area contributed by atoms with Crippen LogP contribution in [0.1, 0.15) is 32.3 Å². The molecule has 108 valence electrons. The summed E-state index contributed by atoms with van der Waals surface area (Å²) in [7, 11) is 0. The molecule has 0 bridgehead atoms. The van der Waals surface area contributed by atoms with E-state index in [0.29, 0.717) is 19.8 Å². The van der Waals surface area contributed by atoms with Gasteiger partial charge in [-0.2, -0.15) is 0 Å². The lowest BCUT2D eigenvalue weighted by atomic mass is 10.2. The van der Waals surface area contributed by atoms with Crippen molar-refractivity contribution in [2.45, 2.75) is 39.4 Å². The van der Waals surface area contributed by atoms with E-state index < -0.39 is 6.10 Å². The van der Waals surface area contributed by atoms with Crippen LogP contribution < -0.4 is 0 Å². The summed E-state index contributed by atoms with van der Waals surface area (Å²) in [4.78, 5) is 2.28. The molecule has 0 amide bonds. The molecule has 0 radical (unpaired) electrons. The van der Waals surface area contributed by atoms with Crippen molar-refractivity contribution in [2.75, 3.05) is 26.2 Å². The maximum absolute atomic E-state index is 9.96. The molecule has 0 spiro atoms. The predicted octanol–water partition coefficient (Wildman–Crippen LogP) is 2.69. The molecule has 0 aromatic heterocycles. The van der Waals surface area contributed by atoms with E-state index in [1.807, 2.05) is 30.3 Å². The van der Waals surface area contributed by atoms with Crippen molar-refractivity contribution in [3.8, 4) is 0 Å². The topological polar surface area (TPSA) is 32.7 Å². The Morgan fingerprint density at radius 3 is 2.58 bits per heavy atom. The van der Waals surface area contributed by atoms with Crippen molar-refractivity contribution in [2.24, 2.45) is 0 Å². The van der Waals surface area contributed by atoms with Crippen molar-refractivity contribution in [1.82, 2.24) is 4.90 Å². The van der Waals surface area contributed by atoms with Crippen molar-refractivity contribution in [1.29, 1.82) is 0 Å². The number of hydrogen-bond donors (Lipinski definition) is 1. The fraction of sp³-hybridized carbons (Fsp3) is 0.625. The standard InChI is InChI=1S/C16H27NO2/c1-3-5-11-17(4-2)12-16(18)14-19-13-15-9-7-6-8-10-15/h6-10,16,18H,3-5,11-14H2,1-2H3/t16-/m1/s1. The Hall–Kier alpha value is -0.900. The second kappa shape index (κ2) is 9.96. The van der Waals surface area contributed by atoms with Gasteiger partial charge < -0.3 is 14.7 Å². The van der Waals surface area contributed by atoms with E-state index in [4.69, 9.17) is 4.74 Å². The van der Waals surface area contributed by atoms with E-state index in [1.54, 1.807) is 0 Å². The lowest BCUT2D eigenvalue weighted by Gasteiger charge is -2.23. The fourth-order valence-corrected chi connectivity index (χ4v) is 2.00. The van der Waals surface area contributed by atoms with Gasteiger partial charge in [-0.1, -0.05) is 50.6 Å². The molecule has 0 fully saturated rings. The number of hydrogen-bond acceptors (Lipinski definition) is 3. The number of likely N-dealkylation sites (N-methyl/N-ethyl adjacent to an activating group) is 1. The highest BCUT2D eigenvalue weighted by Crippen LogP contribution is 2.02. The normalized spacial score (nSPS) is 12.8. The van der Waals surface area contributed by atoms with Crippen LogP contribution in [0.2, 0.25) is 0 Å². The first-order valence-corrected chi connectivity index (χ1v) is 7.28. The Kier molecular flexibility index (Phi) is 8.47. The Morgan fingerprint density at radius 2 is 1.95 bits per heavy atom. The molecule has 3 nitrogen and oxygen atoms in total. The number of aliphatic hydroxyl groups is 1. The number of benzene rings is 1. The smallest absolute Gasteiger partial charge is 0.0900 e. The van der Waals surface area contributed by atoms with Gasteiger partial charge in [-0.05, 0) is 25.1 Å². The zero-order valence-corrected chi connectivity index (χ0v) is 12.2. The summed E-state index contributed by atoms with van der Waals surface area (Å²) in [5.74, 6) is 0. The quantitative estimate of drug-likeness (QED) is 0.706. The lowest BCUT2D eigenvalue weighted by molar-refractivity contribution is 0.0105. The van der Waals surface area contributed by atoms with E-state index in [2.05, 4.69) is 18.7 Å². The molecular weight excluding hydrogens is 238 g/mol. The summed E-state index contributed by atoms with van der Waals surface area (Å²) in [6, 6.07) is 10.1. The van der Waals surface area contributed by atoms with Gasteiger partial charge in [-0.3, -0.25) is 0 Å². The van der Waals surface area contributed by atoms with Crippen LogP contribution in [-0.2, 0) is 11.3 Å². The molecule has 1 N–H and O–H groups in total. The van der Waals surface area contributed by atoms with E-state index >= 15 is 0 Å². The highest BCUT2D eigenvalue weighted by atomic mass is 16.5. The molecule has 0 saturated heterocycles. The van der Waals surface area contributed by atoms with Crippen LogP contribution in [0.5, 0.6) is 0 Å². The van der Waals surface area contributed by atoms with Gasteiger partial charge in [0.1, 0.15) is 0 Å². The third kappa shape index (κ3) is 7.31. The van der Waals surface area contributed by atoms with Gasteiger partial charge in [0.05, 0.1) is 19.3 Å². The first kappa shape index (κ1) is 16.2. The van der Waals surface area contributed by atoms with Gasteiger partial charge in [0.2, 0.25) is 0 Å². The molecule has 0 unspecified atom stereocenters. The highest BCUT2D eigenvalue weighted by molar-refractivity contribution is 5.13. The summed E-state index contributed by atoms with van der Waals surface area (Å²) in [6.07, 6.45) is 1.98. The molecule has 0 aliphatic carbocycles. The summed E-state index contributed by atoms with van der Waals surface area (Å²) >= 11 is 0. The van der Waals surface area contributed by atoms with Crippen molar-refractivity contribution in [3.63, 3.8) is 0 Å². The van der Waals surface area contributed by atoms with Crippen LogP contribution >= 0.6 is 0 Å². The summed E-state index contributed by atoms with van der Waals surface area (Å²) in [5.41, 5.74) is 1.15. The number of aliphatic hydroxyl groups excluding tert-OH is 1. The Bertz CT molecular complexity index is 316. The fourth-order valence-electron chi connectivity index (χ4n) is 2.00. The number of unbranched alkanes of at least 4 members (excludes halogenated alkanes) is 1. The minimum Gasteiger partial charge on any atom is -0.389 e. The van der Waals surface area contributed by atoms with Crippen LogP contribution in [0, 0.1) is 0 Å². The Labute approximate surface area is 117 Å². The Balaban J connectivity index is 2.17. The first-order valence-electron chi connectivity index (χ1n) is 7.28. The zero-order valence-electron chi connectivity index (χ0n) is 12.2. The molecule has 1 aromatic carbocycles. The monoisotopic (exact) mass is 265 g/mol. The molecule has 1 aromatic rings. The van der Waals surface area contributed by atoms with Crippen LogP contribution in [0.15, 0.2) is 30.3 Å². The van der Waals surface area contributed by atoms with E-state index in [1.165, 1.54) is 12.8 Å². The van der Waals surface area contributed by atoms with Gasteiger partial charge in [-0.25, -0.2) is 0 Å². The van der Waals surface area contributed by atoms with Gasteiger partial charge >= 0.3 is 0 Å². The molecule has 1 atom stereocenters. The van der Waals surface area contributed by atoms with Crippen molar-refractivity contribution in [3.05, 3.63) is 35.9 Å². The minimum atomic E-state index is -0.402. The molecule has 0 aliphatic heterocycles. The molecule has 3 heteroatoms. The lowest BCUT2D eigenvalue weighted by Crippen LogP contribution is -2.35. The average molecular weight is 265 g/mol. The van der Waals surface area contributed by atoms with Gasteiger partial charge in [0.15, 0.2) is 0 Å². The maximum atomic E-state index is 9.96. The van der Waals surface area contributed by atoms with Crippen LogP contribution in [0.25, 0.3) is 0 Å². The van der Waals surface area contributed by atoms with Crippen LogP contribution in [0.4, 0.5) is 0 Å².